The number of nitriles is 1. The van der Waals surface area contributed by atoms with Gasteiger partial charge in [0.1, 0.15) is 6.07 Å². The van der Waals surface area contributed by atoms with E-state index in [1.54, 1.807) is 29.3 Å². The summed E-state index contributed by atoms with van der Waals surface area (Å²) in [7, 11) is 0. The van der Waals surface area contributed by atoms with Gasteiger partial charge < -0.3 is 0 Å². The summed E-state index contributed by atoms with van der Waals surface area (Å²) < 4.78 is 0.979. The second-order valence-corrected chi connectivity index (χ2v) is 10.2. The van der Waals surface area contributed by atoms with E-state index in [0.717, 1.165) is 31.5 Å². The van der Waals surface area contributed by atoms with Crippen LogP contribution in [0.2, 0.25) is 10.0 Å². The Morgan fingerprint density at radius 3 is 2.45 bits per heavy atom. The van der Waals surface area contributed by atoms with Crippen molar-refractivity contribution in [2.75, 3.05) is 6.26 Å². The van der Waals surface area contributed by atoms with Crippen LogP contribution in [-0.2, 0) is 5.75 Å². The summed E-state index contributed by atoms with van der Waals surface area (Å²) in [6.45, 7) is 0. The molecule has 0 atom stereocenters. The maximum Gasteiger partial charge on any atom is 0.188 e. The lowest BCUT2D eigenvalue weighted by Crippen LogP contribution is -1.92. The van der Waals surface area contributed by atoms with E-state index in [0.29, 0.717) is 26.5 Å². The minimum atomic E-state index is 0.567. The topological polar surface area (TPSA) is 49.6 Å². The summed E-state index contributed by atoms with van der Waals surface area (Å²) in [4.78, 5) is 10.2. The van der Waals surface area contributed by atoms with E-state index in [1.807, 2.05) is 60.9 Å². The molecular formula is C23H15Cl2N3S3. The molecule has 0 saturated carbocycles. The quantitative estimate of drug-likeness (QED) is 0.198. The van der Waals surface area contributed by atoms with Gasteiger partial charge >= 0.3 is 0 Å². The molecule has 0 saturated heterocycles. The normalized spacial score (nSPS) is 10.8. The molecule has 8 heteroatoms. The first-order valence-corrected chi connectivity index (χ1v) is 13.0. The summed E-state index contributed by atoms with van der Waals surface area (Å²) in [5, 5.41) is 11.7. The van der Waals surface area contributed by atoms with Crippen molar-refractivity contribution in [3.05, 3.63) is 82.0 Å². The number of hydrogen-bond donors (Lipinski definition) is 0. The molecule has 0 aliphatic carbocycles. The fourth-order valence-electron chi connectivity index (χ4n) is 3.06. The highest BCUT2D eigenvalue weighted by molar-refractivity contribution is 8.00. The molecule has 0 aliphatic rings. The highest BCUT2D eigenvalue weighted by Gasteiger charge is 2.21. The Morgan fingerprint density at radius 2 is 1.77 bits per heavy atom. The number of nitrogens with zero attached hydrogens (tertiary/aromatic N) is 3. The first kappa shape index (κ1) is 22.2. The lowest BCUT2D eigenvalue weighted by Gasteiger charge is -2.08. The van der Waals surface area contributed by atoms with E-state index >= 15 is 0 Å². The van der Waals surface area contributed by atoms with Crippen LogP contribution in [0.4, 0.5) is 0 Å². The molecule has 4 rings (SSSR count). The molecular weight excluding hydrogens is 485 g/mol. The molecule has 0 aliphatic heterocycles. The van der Waals surface area contributed by atoms with Crippen molar-refractivity contribution in [3.63, 3.8) is 0 Å². The second-order valence-electron chi connectivity index (χ2n) is 6.36. The molecule has 0 bridgehead atoms. The van der Waals surface area contributed by atoms with Crippen LogP contribution in [0.5, 0.6) is 0 Å². The molecule has 2 aromatic carbocycles. The molecule has 154 valence electrons. The average molecular weight is 501 g/mol. The Morgan fingerprint density at radius 1 is 1.03 bits per heavy atom. The monoisotopic (exact) mass is 499 g/mol. The summed E-state index contributed by atoms with van der Waals surface area (Å²) in [5.41, 5.74) is 4.27. The van der Waals surface area contributed by atoms with Crippen LogP contribution in [0.1, 0.15) is 11.1 Å². The lowest BCUT2D eigenvalue weighted by atomic mass is 10.0. The Hall–Kier alpha value is -2.01. The van der Waals surface area contributed by atoms with Crippen molar-refractivity contribution >= 4 is 58.1 Å². The smallest absolute Gasteiger partial charge is 0.188 e. The molecule has 4 aromatic rings. The van der Waals surface area contributed by atoms with Crippen LogP contribution in [0.3, 0.4) is 0 Å². The van der Waals surface area contributed by atoms with Crippen molar-refractivity contribution in [3.8, 4) is 27.8 Å². The van der Waals surface area contributed by atoms with E-state index in [1.165, 1.54) is 11.8 Å². The van der Waals surface area contributed by atoms with Crippen molar-refractivity contribution < 1.29 is 0 Å². The Kier molecular flexibility index (Phi) is 7.21. The maximum atomic E-state index is 9.85. The number of thioether (sulfide) groups is 2. The predicted octanol–water partition coefficient (Wildman–Crippen LogP) is 8.06. The zero-order valence-electron chi connectivity index (χ0n) is 16.3. The van der Waals surface area contributed by atoms with Crippen molar-refractivity contribution in [2.24, 2.45) is 0 Å². The van der Waals surface area contributed by atoms with Gasteiger partial charge in [0.05, 0.1) is 20.3 Å². The minimum Gasteiger partial charge on any atom is -0.231 e. The third kappa shape index (κ3) is 4.77. The van der Waals surface area contributed by atoms with Gasteiger partial charge in [0.2, 0.25) is 0 Å². The number of thiophene rings is 1. The third-order valence-electron chi connectivity index (χ3n) is 4.51. The Balaban J connectivity index is 1.73. The van der Waals surface area contributed by atoms with Gasteiger partial charge in [-0.25, -0.2) is 9.97 Å². The third-order valence-corrected chi connectivity index (χ3v) is 8.44. The van der Waals surface area contributed by atoms with E-state index in [9.17, 15) is 5.26 Å². The fourth-order valence-corrected chi connectivity index (χ4v) is 6.54. The molecule has 3 nitrogen and oxygen atoms in total. The number of halogens is 2. The van der Waals surface area contributed by atoms with Crippen LogP contribution < -0.4 is 0 Å². The van der Waals surface area contributed by atoms with Gasteiger partial charge in [-0.15, -0.1) is 23.1 Å². The van der Waals surface area contributed by atoms with Gasteiger partial charge in [-0.1, -0.05) is 71.4 Å². The second kappa shape index (κ2) is 10.1. The van der Waals surface area contributed by atoms with Gasteiger partial charge in [0.25, 0.3) is 0 Å². The predicted molar refractivity (Wildman–Crippen MR) is 133 cm³/mol. The maximum absolute atomic E-state index is 9.85. The minimum absolute atomic E-state index is 0.567. The summed E-state index contributed by atoms with van der Waals surface area (Å²) in [6, 6.07) is 19.7. The van der Waals surface area contributed by atoms with E-state index in [-0.39, 0.29) is 0 Å². The van der Waals surface area contributed by atoms with Crippen molar-refractivity contribution in [2.45, 2.75) is 15.1 Å². The van der Waals surface area contributed by atoms with Crippen LogP contribution in [-0.4, -0.2) is 16.2 Å². The van der Waals surface area contributed by atoms with Gasteiger partial charge in [0, 0.05) is 27.6 Å². The highest BCUT2D eigenvalue weighted by atomic mass is 35.5. The SMILES string of the molecule is CSc1sc(-c2ccnc(SCc3c(Cl)cccc3Cl)n2)c(-c2ccccc2)c1C#N. The van der Waals surface area contributed by atoms with E-state index in [4.69, 9.17) is 28.2 Å². The molecule has 0 unspecified atom stereocenters. The highest BCUT2D eigenvalue weighted by Crippen LogP contribution is 2.45. The molecule has 0 radical (unpaired) electrons. The van der Waals surface area contributed by atoms with Crippen molar-refractivity contribution in [1.29, 1.82) is 5.26 Å². The molecule has 31 heavy (non-hydrogen) atoms. The molecule has 0 N–H and O–H groups in total. The van der Waals surface area contributed by atoms with Crippen LogP contribution >= 0.6 is 58.1 Å². The average Bonchev–Trinajstić information content (AvgIpc) is 3.18. The first-order valence-electron chi connectivity index (χ1n) is 9.17. The van der Waals surface area contributed by atoms with E-state index < -0.39 is 0 Å². The number of benzene rings is 2. The van der Waals surface area contributed by atoms with Crippen LogP contribution in [0.15, 0.2) is 70.2 Å². The van der Waals surface area contributed by atoms with Gasteiger partial charge in [-0.05, 0) is 35.6 Å². The summed E-state index contributed by atoms with van der Waals surface area (Å²) in [5.74, 6) is 0.567. The lowest BCUT2D eigenvalue weighted by molar-refractivity contribution is 0.974. The molecule has 0 spiro atoms. The summed E-state index contributed by atoms with van der Waals surface area (Å²) >= 11 is 17.2. The Bertz CT molecular complexity index is 1250. The number of rotatable bonds is 6. The molecule has 2 aromatic heterocycles. The van der Waals surface area contributed by atoms with Gasteiger partial charge in [0.15, 0.2) is 5.16 Å². The first-order chi connectivity index (χ1) is 15.1. The molecule has 0 fully saturated rings. The largest absolute Gasteiger partial charge is 0.231 e. The molecule has 2 heterocycles. The number of aromatic nitrogens is 2. The zero-order valence-corrected chi connectivity index (χ0v) is 20.3. The number of hydrogen-bond acceptors (Lipinski definition) is 6. The van der Waals surface area contributed by atoms with E-state index in [2.05, 4.69) is 11.1 Å². The van der Waals surface area contributed by atoms with Crippen molar-refractivity contribution in [1.82, 2.24) is 9.97 Å². The summed E-state index contributed by atoms with van der Waals surface area (Å²) in [6.07, 6.45) is 3.73. The fraction of sp³-hybridized carbons (Fsp3) is 0.0870. The Labute approximate surface area is 203 Å². The standard InChI is InChI=1S/C23H15Cl2N3S3/c1-29-22-15(12-26)20(14-6-3-2-4-7-14)21(31-22)19-10-11-27-23(28-19)30-13-16-17(24)8-5-9-18(16)25/h2-11H,13H2,1H3. The van der Waals surface area contributed by atoms with Crippen LogP contribution in [0.25, 0.3) is 21.7 Å². The molecule has 0 amide bonds. The zero-order chi connectivity index (χ0) is 21.8. The van der Waals surface area contributed by atoms with Gasteiger partial charge in [-0.3, -0.25) is 0 Å². The van der Waals surface area contributed by atoms with Crippen LogP contribution in [0, 0.1) is 11.3 Å². The van der Waals surface area contributed by atoms with Gasteiger partial charge in [-0.2, -0.15) is 5.26 Å².